The zero-order valence-electron chi connectivity index (χ0n) is 10.8. The molecule has 0 aliphatic carbocycles. The summed E-state index contributed by atoms with van der Waals surface area (Å²) in [7, 11) is 0. The molecular weight excluding hydrogens is 256 g/mol. The van der Waals surface area contributed by atoms with Crippen molar-refractivity contribution in [2.24, 2.45) is 0 Å². The Morgan fingerprint density at radius 3 is 3.05 bits per heavy atom. The number of hydrogen-bond donors (Lipinski definition) is 2. The molecule has 7 heteroatoms. The minimum atomic E-state index is -0.238. The van der Waals surface area contributed by atoms with Gasteiger partial charge in [0.25, 0.3) is 5.91 Å². The normalized spacial score (nSPS) is 10.8. The van der Waals surface area contributed by atoms with Gasteiger partial charge in [0.15, 0.2) is 0 Å². The van der Waals surface area contributed by atoms with E-state index in [0.717, 1.165) is 24.0 Å². The van der Waals surface area contributed by atoms with Crippen LogP contribution in [0.15, 0.2) is 36.9 Å². The van der Waals surface area contributed by atoms with Crippen molar-refractivity contribution in [1.29, 1.82) is 0 Å². The lowest BCUT2D eigenvalue weighted by Crippen LogP contribution is -2.26. The van der Waals surface area contributed by atoms with Crippen LogP contribution in [0.3, 0.4) is 0 Å². The monoisotopic (exact) mass is 270 g/mol. The van der Waals surface area contributed by atoms with Crippen molar-refractivity contribution in [2.45, 2.75) is 13.0 Å². The van der Waals surface area contributed by atoms with Gasteiger partial charge in [-0.05, 0) is 18.6 Å². The van der Waals surface area contributed by atoms with E-state index in [1.54, 1.807) is 0 Å². The maximum atomic E-state index is 11.6. The van der Waals surface area contributed by atoms with Crippen LogP contribution in [0, 0.1) is 0 Å². The third-order valence-electron chi connectivity index (χ3n) is 3.02. The van der Waals surface area contributed by atoms with Gasteiger partial charge in [-0.1, -0.05) is 12.1 Å². The number of rotatable bonds is 5. The van der Waals surface area contributed by atoms with Crippen LogP contribution in [0.2, 0.25) is 0 Å². The van der Waals surface area contributed by atoms with Crippen molar-refractivity contribution in [2.75, 3.05) is 6.54 Å². The van der Waals surface area contributed by atoms with Crippen LogP contribution in [0.4, 0.5) is 0 Å². The van der Waals surface area contributed by atoms with E-state index in [0.29, 0.717) is 6.54 Å². The minimum absolute atomic E-state index is 0.234. The first-order chi connectivity index (χ1) is 9.84. The first kappa shape index (κ1) is 12.3. The van der Waals surface area contributed by atoms with Gasteiger partial charge < -0.3 is 9.88 Å². The molecule has 0 radical (unpaired) electrons. The largest absolute Gasteiger partial charge is 0.349 e. The predicted molar refractivity (Wildman–Crippen MR) is 73.1 cm³/mol. The molecular formula is C13H14N6O. The fraction of sp³-hybridized carbons (Fsp3) is 0.231. The Labute approximate surface area is 115 Å². The Hall–Kier alpha value is -2.70. The lowest BCUT2D eigenvalue weighted by molar-refractivity contribution is 0.0943. The molecule has 3 rings (SSSR count). The van der Waals surface area contributed by atoms with E-state index in [-0.39, 0.29) is 11.7 Å². The van der Waals surface area contributed by atoms with Crippen LogP contribution in [-0.2, 0) is 6.54 Å². The van der Waals surface area contributed by atoms with Gasteiger partial charge >= 0.3 is 0 Å². The second kappa shape index (κ2) is 5.52. The van der Waals surface area contributed by atoms with E-state index in [2.05, 4.69) is 30.0 Å². The first-order valence-corrected chi connectivity index (χ1v) is 6.38. The molecule has 102 valence electrons. The maximum absolute atomic E-state index is 11.6. The van der Waals surface area contributed by atoms with E-state index in [1.165, 1.54) is 6.33 Å². The fourth-order valence-electron chi connectivity index (χ4n) is 2.04. The van der Waals surface area contributed by atoms with Gasteiger partial charge in [0, 0.05) is 13.1 Å². The van der Waals surface area contributed by atoms with Crippen molar-refractivity contribution >= 4 is 16.9 Å². The third kappa shape index (κ3) is 2.51. The van der Waals surface area contributed by atoms with Crippen LogP contribution in [-0.4, -0.2) is 37.2 Å². The second-order valence-corrected chi connectivity index (χ2v) is 4.37. The number of aromatic amines is 1. The summed E-state index contributed by atoms with van der Waals surface area (Å²) in [4.78, 5) is 19.7. The lowest BCUT2D eigenvalue weighted by atomic mass is 10.3. The highest BCUT2D eigenvalue weighted by Gasteiger charge is 2.07. The summed E-state index contributed by atoms with van der Waals surface area (Å²) in [6.45, 7) is 1.38. The van der Waals surface area contributed by atoms with Crippen molar-refractivity contribution in [3.8, 4) is 0 Å². The fourth-order valence-corrected chi connectivity index (χ4v) is 2.04. The summed E-state index contributed by atoms with van der Waals surface area (Å²) < 4.78 is 2.08. The highest BCUT2D eigenvalue weighted by atomic mass is 16.2. The molecule has 7 nitrogen and oxygen atoms in total. The second-order valence-electron chi connectivity index (χ2n) is 4.37. The minimum Gasteiger partial charge on any atom is -0.349 e. The molecule has 20 heavy (non-hydrogen) atoms. The smallest absolute Gasteiger partial charge is 0.288 e. The molecule has 0 aliphatic heterocycles. The van der Waals surface area contributed by atoms with Crippen molar-refractivity contribution < 1.29 is 4.79 Å². The molecule has 2 aromatic heterocycles. The average molecular weight is 270 g/mol. The standard InChI is InChI=1S/C13H14N6O/c20-13(12-15-8-17-18-12)14-6-3-7-19-9-16-10-4-1-2-5-11(10)19/h1-2,4-5,8-9H,3,6-7H2,(H,14,20)(H,15,17,18). The van der Waals surface area contributed by atoms with Crippen LogP contribution < -0.4 is 5.32 Å². The quantitative estimate of drug-likeness (QED) is 0.676. The number of fused-ring (bicyclic) bond motifs is 1. The molecule has 2 N–H and O–H groups in total. The Morgan fingerprint density at radius 1 is 1.30 bits per heavy atom. The molecule has 2 heterocycles. The average Bonchev–Trinajstić information content (AvgIpc) is 3.13. The number of carbonyl (C=O) groups is 1. The molecule has 0 atom stereocenters. The number of benzene rings is 1. The summed E-state index contributed by atoms with van der Waals surface area (Å²) >= 11 is 0. The summed E-state index contributed by atoms with van der Waals surface area (Å²) in [5, 5.41) is 8.95. The summed E-state index contributed by atoms with van der Waals surface area (Å²) in [6, 6.07) is 7.98. The first-order valence-electron chi connectivity index (χ1n) is 6.38. The number of H-pyrrole nitrogens is 1. The Kier molecular flexibility index (Phi) is 3.40. The zero-order chi connectivity index (χ0) is 13.8. The van der Waals surface area contributed by atoms with Crippen molar-refractivity contribution in [3.05, 3.63) is 42.7 Å². The van der Waals surface area contributed by atoms with Crippen molar-refractivity contribution in [3.63, 3.8) is 0 Å². The van der Waals surface area contributed by atoms with Gasteiger partial charge in [-0.15, -0.1) is 0 Å². The Bertz CT molecular complexity index is 703. The van der Waals surface area contributed by atoms with Gasteiger partial charge in [-0.3, -0.25) is 9.89 Å². The molecule has 0 unspecified atom stereocenters. The number of para-hydroxylation sites is 2. The molecule has 0 saturated heterocycles. The molecule has 3 aromatic rings. The number of amides is 1. The van der Waals surface area contributed by atoms with Crippen LogP contribution in [0.1, 0.15) is 17.0 Å². The summed E-state index contributed by atoms with van der Waals surface area (Å²) in [6.07, 6.45) is 3.95. The van der Waals surface area contributed by atoms with E-state index < -0.39 is 0 Å². The SMILES string of the molecule is O=C(NCCCn1cnc2ccccc21)c1ncn[nH]1. The van der Waals surface area contributed by atoms with Crippen molar-refractivity contribution in [1.82, 2.24) is 30.0 Å². The maximum Gasteiger partial charge on any atom is 0.288 e. The topological polar surface area (TPSA) is 88.5 Å². The Morgan fingerprint density at radius 2 is 2.20 bits per heavy atom. The molecule has 0 fully saturated rings. The number of aromatic nitrogens is 5. The van der Waals surface area contributed by atoms with Crippen LogP contribution >= 0.6 is 0 Å². The highest BCUT2D eigenvalue weighted by Crippen LogP contribution is 2.11. The third-order valence-corrected chi connectivity index (χ3v) is 3.02. The van der Waals surface area contributed by atoms with Gasteiger partial charge in [0.1, 0.15) is 6.33 Å². The predicted octanol–water partition coefficient (Wildman–Crippen LogP) is 0.974. The molecule has 1 amide bonds. The number of hydrogen-bond acceptors (Lipinski definition) is 4. The number of nitrogens with one attached hydrogen (secondary N) is 2. The molecule has 0 bridgehead atoms. The number of nitrogens with zero attached hydrogens (tertiary/aromatic N) is 4. The number of aryl methyl sites for hydroxylation is 1. The summed E-state index contributed by atoms with van der Waals surface area (Å²) in [5.74, 6) is -0.00364. The summed E-state index contributed by atoms with van der Waals surface area (Å²) in [5.41, 5.74) is 2.09. The zero-order valence-corrected chi connectivity index (χ0v) is 10.8. The molecule has 0 saturated carbocycles. The van der Waals surface area contributed by atoms with Crippen LogP contribution in [0.5, 0.6) is 0 Å². The van der Waals surface area contributed by atoms with E-state index >= 15 is 0 Å². The Balaban J connectivity index is 1.52. The lowest BCUT2D eigenvalue weighted by Gasteiger charge is -2.05. The van der Waals surface area contributed by atoms with Gasteiger partial charge in [-0.2, -0.15) is 5.10 Å². The van der Waals surface area contributed by atoms with E-state index in [9.17, 15) is 4.79 Å². The molecule has 0 spiro atoms. The van der Waals surface area contributed by atoms with Gasteiger partial charge in [0.2, 0.25) is 5.82 Å². The van der Waals surface area contributed by atoms with Gasteiger partial charge in [0.05, 0.1) is 17.4 Å². The molecule has 1 aromatic carbocycles. The number of carbonyl (C=O) groups excluding carboxylic acids is 1. The van der Waals surface area contributed by atoms with Gasteiger partial charge in [-0.25, -0.2) is 9.97 Å². The van der Waals surface area contributed by atoms with Crippen LogP contribution in [0.25, 0.3) is 11.0 Å². The van der Waals surface area contributed by atoms with E-state index in [4.69, 9.17) is 0 Å². The number of imidazole rings is 1. The highest BCUT2D eigenvalue weighted by molar-refractivity contribution is 5.90. The van der Waals surface area contributed by atoms with E-state index in [1.807, 2.05) is 30.6 Å². The molecule has 0 aliphatic rings.